The molecule has 1 heterocycles. The van der Waals surface area contributed by atoms with Gasteiger partial charge < -0.3 is 14.4 Å². The lowest BCUT2D eigenvalue weighted by Gasteiger charge is -2.28. The minimum Gasteiger partial charge on any atom is -0.422 e. The first kappa shape index (κ1) is 18.9. The highest BCUT2D eigenvalue weighted by atomic mass is 16.4. The molecule has 0 saturated carbocycles. The number of benzene rings is 2. The van der Waals surface area contributed by atoms with Gasteiger partial charge in [0, 0.05) is 30.1 Å². The second kappa shape index (κ2) is 8.18. The number of fused-ring (bicyclic) bond motifs is 1. The predicted octanol–water partition coefficient (Wildman–Crippen LogP) is 3.69. The van der Waals surface area contributed by atoms with Crippen LogP contribution in [0.2, 0.25) is 0 Å². The highest BCUT2D eigenvalue weighted by molar-refractivity contribution is 5.96. The van der Waals surface area contributed by atoms with Crippen molar-refractivity contribution in [2.75, 3.05) is 13.2 Å². The third-order valence-electron chi connectivity index (χ3n) is 4.74. The minimum absolute atomic E-state index is 0.0309. The zero-order chi connectivity index (χ0) is 19.4. The number of hydrogen-bond donors (Lipinski definition) is 1. The lowest BCUT2D eigenvalue weighted by atomic mass is 10.0. The molecule has 1 amide bonds. The summed E-state index contributed by atoms with van der Waals surface area (Å²) >= 11 is 0. The van der Waals surface area contributed by atoms with Gasteiger partial charge in [-0.1, -0.05) is 30.3 Å². The van der Waals surface area contributed by atoms with E-state index in [1.165, 1.54) is 0 Å². The van der Waals surface area contributed by atoms with Crippen molar-refractivity contribution in [3.8, 4) is 11.1 Å². The maximum atomic E-state index is 12.9. The van der Waals surface area contributed by atoms with Gasteiger partial charge in [-0.15, -0.1) is 0 Å². The van der Waals surface area contributed by atoms with Gasteiger partial charge in [0.1, 0.15) is 5.58 Å². The number of hydrogen-bond acceptors (Lipinski definition) is 4. The molecule has 3 rings (SSSR count). The van der Waals surface area contributed by atoms with Crippen molar-refractivity contribution in [2.24, 2.45) is 0 Å². The topological polar surface area (TPSA) is 70.8 Å². The van der Waals surface area contributed by atoms with E-state index in [1.54, 1.807) is 41.3 Å². The van der Waals surface area contributed by atoms with Crippen LogP contribution in [0.25, 0.3) is 22.1 Å². The molecule has 140 valence electrons. The highest BCUT2D eigenvalue weighted by Gasteiger charge is 2.20. The van der Waals surface area contributed by atoms with Crippen LogP contribution < -0.4 is 5.63 Å². The molecule has 0 spiro atoms. The van der Waals surface area contributed by atoms with Gasteiger partial charge in [-0.05, 0) is 50.1 Å². The van der Waals surface area contributed by atoms with Gasteiger partial charge in [0.15, 0.2) is 0 Å². The fourth-order valence-corrected chi connectivity index (χ4v) is 3.25. The van der Waals surface area contributed by atoms with E-state index in [-0.39, 0.29) is 18.6 Å². The molecule has 1 aromatic heterocycles. The van der Waals surface area contributed by atoms with Gasteiger partial charge in [0.25, 0.3) is 5.91 Å². The number of amides is 1. The van der Waals surface area contributed by atoms with Gasteiger partial charge in [0.2, 0.25) is 0 Å². The molecular weight excluding hydrogens is 342 g/mol. The van der Waals surface area contributed by atoms with Crippen molar-refractivity contribution in [1.82, 2.24) is 4.90 Å². The second-order valence-electron chi connectivity index (χ2n) is 6.52. The number of para-hydroxylation sites is 1. The van der Waals surface area contributed by atoms with Gasteiger partial charge in [-0.2, -0.15) is 0 Å². The minimum atomic E-state index is -0.431. The van der Waals surface area contributed by atoms with E-state index >= 15 is 0 Å². The van der Waals surface area contributed by atoms with E-state index in [0.29, 0.717) is 35.2 Å². The van der Waals surface area contributed by atoms with Crippen molar-refractivity contribution in [1.29, 1.82) is 0 Å². The second-order valence-corrected chi connectivity index (χ2v) is 6.52. The van der Waals surface area contributed by atoms with Crippen LogP contribution >= 0.6 is 0 Å². The highest BCUT2D eigenvalue weighted by Crippen LogP contribution is 2.23. The Balaban J connectivity index is 2.00. The summed E-state index contributed by atoms with van der Waals surface area (Å²) in [7, 11) is 0. The summed E-state index contributed by atoms with van der Waals surface area (Å²) in [5, 5.41) is 9.99. The van der Waals surface area contributed by atoms with E-state index in [1.807, 2.05) is 32.0 Å². The Morgan fingerprint density at radius 1 is 1.15 bits per heavy atom. The summed E-state index contributed by atoms with van der Waals surface area (Å²) in [5.41, 5.74) is 1.68. The number of nitrogens with zero attached hydrogens (tertiary/aromatic N) is 1. The van der Waals surface area contributed by atoms with E-state index in [2.05, 4.69) is 0 Å². The molecule has 0 fully saturated rings. The molecule has 0 aliphatic carbocycles. The first-order valence-corrected chi connectivity index (χ1v) is 9.10. The third-order valence-corrected chi connectivity index (χ3v) is 4.74. The molecule has 0 bridgehead atoms. The average molecular weight is 365 g/mol. The SMILES string of the molecule is CCN(C(=O)c1cccc(-c2cc3ccccc3oc2=O)c1)C(C)CCO. The van der Waals surface area contributed by atoms with Crippen LogP contribution in [-0.4, -0.2) is 35.1 Å². The van der Waals surface area contributed by atoms with E-state index in [9.17, 15) is 9.59 Å². The molecule has 1 N–H and O–H groups in total. The van der Waals surface area contributed by atoms with Crippen molar-refractivity contribution in [3.63, 3.8) is 0 Å². The predicted molar refractivity (Wildman–Crippen MR) is 106 cm³/mol. The van der Waals surface area contributed by atoms with Crippen LogP contribution in [0.15, 0.2) is 63.8 Å². The summed E-state index contributed by atoms with van der Waals surface area (Å²) < 4.78 is 5.41. The first-order valence-electron chi connectivity index (χ1n) is 9.10. The van der Waals surface area contributed by atoms with Crippen LogP contribution in [0.3, 0.4) is 0 Å². The van der Waals surface area contributed by atoms with Crippen LogP contribution in [-0.2, 0) is 0 Å². The molecule has 0 aliphatic heterocycles. The van der Waals surface area contributed by atoms with Crippen LogP contribution in [0, 0.1) is 0 Å². The number of aliphatic hydroxyl groups is 1. The smallest absolute Gasteiger partial charge is 0.344 e. The van der Waals surface area contributed by atoms with Gasteiger partial charge >= 0.3 is 5.63 Å². The summed E-state index contributed by atoms with van der Waals surface area (Å²) in [4.78, 5) is 27.0. The average Bonchev–Trinajstić information content (AvgIpc) is 2.68. The summed E-state index contributed by atoms with van der Waals surface area (Å²) in [6.45, 7) is 4.40. The molecule has 0 saturated heterocycles. The van der Waals surface area contributed by atoms with Crippen molar-refractivity contribution < 1.29 is 14.3 Å². The molecule has 1 atom stereocenters. The Morgan fingerprint density at radius 2 is 1.93 bits per heavy atom. The maximum Gasteiger partial charge on any atom is 0.344 e. The Hall–Kier alpha value is -2.92. The monoisotopic (exact) mass is 365 g/mol. The van der Waals surface area contributed by atoms with E-state index in [4.69, 9.17) is 9.52 Å². The number of carbonyl (C=O) groups is 1. The van der Waals surface area contributed by atoms with Crippen molar-refractivity contribution in [2.45, 2.75) is 26.3 Å². The Morgan fingerprint density at radius 3 is 2.67 bits per heavy atom. The molecule has 0 aliphatic rings. The number of carbonyl (C=O) groups excluding carboxylic acids is 1. The van der Waals surface area contributed by atoms with Crippen LogP contribution in [0.5, 0.6) is 0 Å². The third kappa shape index (κ3) is 3.93. The standard InChI is InChI=1S/C22H23NO4/c1-3-23(15(2)11-12-24)21(25)18-9-6-8-16(13-18)19-14-17-7-4-5-10-20(17)27-22(19)26/h4-10,13-15,24H,3,11-12H2,1-2H3. The zero-order valence-corrected chi connectivity index (χ0v) is 15.5. The Bertz CT molecular complexity index is 1010. The fraction of sp³-hybridized carbons (Fsp3) is 0.273. The lowest BCUT2D eigenvalue weighted by Crippen LogP contribution is -2.39. The van der Waals surface area contributed by atoms with E-state index in [0.717, 1.165) is 5.39 Å². The quantitative estimate of drug-likeness (QED) is 0.676. The summed E-state index contributed by atoms with van der Waals surface area (Å²) in [6, 6.07) is 16.1. The normalized spacial score (nSPS) is 12.1. The van der Waals surface area contributed by atoms with Crippen molar-refractivity contribution in [3.05, 3.63) is 70.6 Å². The summed E-state index contributed by atoms with van der Waals surface area (Å²) in [6.07, 6.45) is 0.521. The van der Waals surface area contributed by atoms with E-state index < -0.39 is 5.63 Å². The maximum absolute atomic E-state index is 12.9. The number of aliphatic hydroxyl groups excluding tert-OH is 1. The Labute approximate surface area is 157 Å². The fourth-order valence-electron chi connectivity index (χ4n) is 3.25. The van der Waals surface area contributed by atoms with Crippen LogP contribution in [0.4, 0.5) is 0 Å². The molecule has 1 unspecified atom stereocenters. The lowest BCUT2D eigenvalue weighted by molar-refractivity contribution is 0.0679. The van der Waals surface area contributed by atoms with Crippen LogP contribution in [0.1, 0.15) is 30.6 Å². The summed E-state index contributed by atoms with van der Waals surface area (Å²) in [5.74, 6) is -0.120. The Kier molecular flexibility index (Phi) is 5.72. The largest absolute Gasteiger partial charge is 0.422 e. The zero-order valence-electron chi connectivity index (χ0n) is 15.5. The van der Waals surface area contributed by atoms with Gasteiger partial charge in [-0.25, -0.2) is 4.79 Å². The molecule has 5 heteroatoms. The van der Waals surface area contributed by atoms with Gasteiger partial charge in [-0.3, -0.25) is 4.79 Å². The first-order chi connectivity index (χ1) is 13.0. The molecule has 2 aromatic carbocycles. The number of rotatable bonds is 6. The van der Waals surface area contributed by atoms with Crippen molar-refractivity contribution >= 4 is 16.9 Å². The van der Waals surface area contributed by atoms with Gasteiger partial charge in [0.05, 0.1) is 5.56 Å². The molecule has 3 aromatic rings. The molecule has 27 heavy (non-hydrogen) atoms. The molecule has 5 nitrogen and oxygen atoms in total. The molecular formula is C22H23NO4. The molecule has 0 radical (unpaired) electrons.